The average molecular weight is 345 g/mol. The molecule has 136 valence electrons. The van der Waals surface area contributed by atoms with Gasteiger partial charge in [-0.2, -0.15) is 0 Å². The number of carbonyl (C=O) groups is 2. The predicted molar refractivity (Wildman–Crippen MR) is 94.2 cm³/mol. The van der Waals surface area contributed by atoms with Crippen LogP contribution in [-0.4, -0.2) is 66.5 Å². The molecule has 1 atom stereocenters. The van der Waals surface area contributed by atoms with Gasteiger partial charge < -0.3 is 14.5 Å². The predicted octanol–water partition coefficient (Wildman–Crippen LogP) is 1.74. The smallest absolute Gasteiger partial charge is 0.255 e. The summed E-state index contributed by atoms with van der Waals surface area (Å²) in [5, 5.41) is 0. The zero-order chi connectivity index (χ0) is 18.0. The van der Waals surface area contributed by atoms with Crippen molar-refractivity contribution in [2.24, 2.45) is 11.3 Å². The quantitative estimate of drug-likeness (QED) is 0.837. The highest BCUT2D eigenvalue weighted by molar-refractivity contribution is 5.95. The Morgan fingerprint density at radius 2 is 2.04 bits per heavy atom. The summed E-state index contributed by atoms with van der Waals surface area (Å²) in [6, 6.07) is 3.65. The Balaban J connectivity index is 1.71. The summed E-state index contributed by atoms with van der Waals surface area (Å²) in [6.07, 6.45) is 3.53. The number of amides is 2. The molecule has 2 amide bonds. The summed E-state index contributed by atoms with van der Waals surface area (Å²) >= 11 is 0. The van der Waals surface area contributed by atoms with E-state index < -0.39 is 0 Å². The van der Waals surface area contributed by atoms with Crippen molar-refractivity contribution in [2.45, 2.75) is 26.7 Å². The van der Waals surface area contributed by atoms with Crippen LogP contribution in [-0.2, 0) is 9.53 Å². The van der Waals surface area contributed by atoms with Crippen molar-refractivity contribution in [3.8, 4) is 0 Å². The van der Waals surface area contributed by atoms with Crippen LogP contribution in [0.2, 0.25) is 0 Å². The van der Waals surface area contributed by atoms with Crippen molar-refractivity contribution in [1.29, 1.82) is 0 Å². The van der Waals surface area contributed by atoms with Crippen molar-refractivity contribution >= 4 is 11.8 Å². The van der Waals surface area contributed by atoms with E-state index in [0.29, 0.717) is 18.1 Å². The molecular formula is C19H27N3O3. The van der Waals surface area contributed by atoms with Crippen molar-refractivity contribution in [3.05, 3.63) is 29.6 Å². The summed E-state index contributed by atoms with van der Waals surface area (Å²) in [4.78, 5) is 32.7. The zero-order valence-electron chi connectivity index (χ0n) is 15.3. The summed E-state index contributed by atoms with van der Waals surface area (Å²) in [5.41, 5.74) is 1.53. The van der Waals surface area contributed by atoms with E-state index >= 15 is 0 Å². The van der Waals surface area contributed by atoms with Crippen LogP contribution in [0.5, 0.6) is 0 Å². The molecule has 0 N–H and O–H groups in total. The number of hydrogen-bond donors (Lipinski definition) is 0. The van der Waals surface area contributed by atoms with Crippen molar-refractivity contribution in [2.75, 3.05) is 39.9 Å². The highest BCUT2D eigenvalue weighted by atomic mass is 16.5. The number of likely N-dealkylation sites (tertiary alicyclic amines) is 2. The molecule has 25 heavy (non-hydrogen) atoms. The van der Waals surface area contributed by atoms with E-state index in [1.165, 1.54) is 0 Å². The molecule has 0 radical (unpaired) electrons. The van der Waals surface area contributed by atoms with Crippen molar-refractivity contribution < 1.29 is 14.3 Å². The number of piperidine rings is 1. The minimum absolute atomic E-state index is 0.0603. The van der Waals surface area contributed by atoms with E-state index in [4.69, 9.17) is 4.74 Å². The van der Waals surface area contributed by atoms with Gasteiger partial charge in [-0.25, -0.2) is 0 Å². The summed E-state index contributed by atoms with van der Waals surface area (Å²) in [6.45, 7) is 7.16. The maximum absolute atomic E-state index is 12.8. The maximum Gasteiger partial charge on any atom is 0.255 e. The molecule has 6 heteroatoms. The normalized spacial score (nSPS) is 22.4. The van der Waals surface area contributed by atoms with Gasteiger partial charge in [0.05, 0.1) is 12.2 Å². The van der Waals surface area contributed by atoms with Crippen LogP contribution < -0.4 is 0 Å². The van der Waals surface area contributed by atoms with Crippen LogP contribution in [0.3, 0.4) is 0 Å². The lowest BCUT2D eigenvalue weighted by Crippen LogP contribution is -2.47. The van der Waals surface area contributed by atoms with Crippen LogP contribution in [0.25, 0.3) is 0 Å². The standard InChI is InChI=1S/C19H27N3O3/c1-14-17(5-4-8-20-14)18(24)21-9-6-19(7-10-21)13-22(15(2)23)11-16(19)12-25-3/h4-5,8,16H,6-7,9-13H2,1-3H3. The Morgan fingerprint density at radius 1 is 1.32 bits per heavy atom. The van der Waals surface area contributed by atoms with Gasteiger partial charge in [0.1, 0.15) is 0 Å². The van der Waals surface area contributed by atoms with Gasteiger partial charge in [-0.05, 0) is 37.3 Å². The Labute approximate surface area is 149 Å². The minimum atomic E-state index is 0.0603. The topological polar surface area (TPSA) is 62.7 Å². The Bertz CT molecular complexity index is 653. The van der Waals surface area contributed by atoms with Crippen LogP contribution in [0.1, 0.15) is 35.8 Å². The molecule has 3 heterocycles. The fourth-order valence-corrected chi connectivity index (χ4v) is 4.31. The van der Waals surface area contributed by atoms with Crippen LogP contribution >= 0.6 is 0 Å². The fourth-order valence-electron chi connectivity index (χ4n) is 4.31. The van der Waals surface area contributed by atoms with Crippen molar-refractivity contribution in [3.63, 3.8) is 0 Å². The highest BCUT2D eigenvalue weighted by Crippen LogP contribution is 2.45. The maximum atomic E-state index is 12.8. The van der Waals surface area contributed by atoms with Gasteiger partial charge in [-0.3, -0.25) is 14.6 Å². The molecule has 2 aliphatic rings. The number of rotatable bonds is 3. The number of aromatic nitrogens is 1. The first kappa shape index (κ1) is 17.9. The molecule has 6 nitrogen and oxygen atoms in total. The molecule has 0 aliphatic carbocycles. The average Bonchev–Trinajstić information content (AvgIpc) is 2.94. The lowest BCUT2D eigenvalue weighted by molar-refractivity contribution is -0.128. The lowest BCUT2D eigenvalue weighted by Gasteiger charge is -2.42. The first-order valence-corrected chi connectivity index (χ1v) is 8.92. The van der Waals surface area contributed by atoms with E-state index in [2.05, 4.69) is 4.98 Å². The molecule has 2 aliphatic heterocycles. The first-order chi connectivity index (χ1) is 12.0. The summed E-state index contributed by atoms with van der Waals surface area (Å²) in [7, 11) is 1.72. The largest absolute Gasteiger partial charge is 0.384 e. The summed E-state index contributed by atoms with van der Waals surface area (Å²) in [5.74, 6) is 0.534. The van der Waals surface area contributed by atoms with Gasteiger partial charge >= 0.3 is 0 Å². The Hall–Kier alpha value is -1.95. The van der Waals surface area contributed by atoms with E-state index in [-0.39, 0.29) is 17.2 Å². The second-order valence-electron chi connectivity index (χ2n) is 7.34. The van der Waals surface area contributed by atoms with Crippen molar-refractivity contribution in [1.82, 2.24) is 14.8 Å². The van der Waals surface area contributed by atoms with Gasteiger partial charge in [0.2, 0.25) is 5.91 Å². The molecule has 1 unspecified atom stereocenters. The molecule has 0 saturated carbocycles. The van der Waals surface area contributed by atoms with Crippen LogP contribution in [0.4, 0.5) is 0 Å². The lowest BCUT2D eigenvalue weighted by atomic mass is 9.71. The monoisotopic (exact) mass is 345 g/mol. The molecule has 2 saturated heterocycles. The van der Waals surface area contributed by atoms with Crippen LogP contribution in [0, 0.1) is 18.3 Å². The number of hydrogen-bond acceptors (Lipinski definition) is 4. The minimum Gasteiger partial charge on any atom is -0.384 e. The number of nitrogens with zero attached hydrogens (tertiary/aromatic N) is 3. The second kappa shape index (κ2) is 7.12. The number of methoxy groups -OCH3 is 1. The molecule has 0 aromatic carbocycles. The molecule has 1 aromatic rings. The third kappa shape index (κ3) is 3.40. The van der Waals surface area contributed by atoms with E-state index in [9.17, 15) is 9.59 Å². The van der Waals surface area contributed by atoms with Crippen LogP contribution in [0.15, 0.2) is 18.3 Å². The third-order valence-electron chi connectivity index (χ3n) is 5.91. The first-order valence-electron chi connectivity index (χ1n) is 8.92. The van der Waals surface area contributed by atoms with Gasteiger partial charge in [0.15, 0.2) is 0 Å². The zero-order valence-corrected chi connectivity index (χ0v) is 15.3. The van der Waals surface area contributed by atoms with Gasteiger partial charge in [0, 0.05) is 58.0 Å². The Kier molecular flexibility index (Phi) is 5.08. The molecule has 3 rings (SSSR count). The number of carbonyl (C=O) groups excluding carboxylic acids is 2. The third-order valence-corrected chi connectivity index (χ3v) is 5.91. The van der Waals surface area contributed by atoms with Gasteiger partial charge in [-0.15, -0.1) is 0 Å². The Morgan fingerprint density at radius 3 is 2.64 bits per heavy atom. The molecule has 1 spiro atoms. The SMILES string of the molecule is COCC1CN(C(C)=O)CC12CCN(C(=O)c1cccnc1C)CC2. The number of pyridine rings is 1. The number of ether oxygens (including phenoxy) is 1. The molecule has 1 aromatic heterocycles. The summed E-state index contributed by atoms with van der Waals surface area (Å²) < 4.78 is 5.41. The number of aryl methyl sites for hydroxylation is 1. The fraction of sp³-hybridized carbons (Fsp3) is 0.632. The highest BCUT2D eigenvalue weighted by Gasteiger charge is 2.49. The van der Waals surface area contributed by atoms with E-state index in [1.807, 2.05) is 28.9 Å². The molecule has 0 bridgehead atoms. The van der Waals surface area contributed by atoms with Gasteiger partial charge in [-0.1, -0.05) is 0 Å². The molecule has 2 fully saturated rings. The van der Waals surface area contributed by atoms with E-state index in [1.54, 1.807) is 20.2 Å². The molecular weight excluding hydrogens is 318 g/mol. The van der Waals surface area contributed by atoms with E-state index in [0.717, 1.165) is 44.7 Å². The second-order valence-corrected chi connectivity index (χ2v) is 7.34. The van der Waals surface area contributed by atoms with Gasteiger partial charge in [0.25, 0.3) is 5.91 Å².